The quantitative estimate of drug-likeness (QED) is 0.281. The molecule has 7 nitrogen and oxygen atoms in total. The number of carbonyl (C=O) groups is 2. The minimum Gasteiger partial charge on any atom is -0.480 e. The van der Waals surface area contributed by atoms with Crippen LogP contribution < -0.4 is 10.0 Å². The smallest absolute Gasteiger partial charge is 0.321 e. The average molecular weight is 566 g/mol. The van der Waals surface area contributed by atoms with Gasteiger partial charge in [-0.3, -0.25) is 9.59 Å². The van der Waals surface area contributed by atoms with Crippen LogP contribution in [0.4, 0.5) is 0 Å². The fraction of sp³-hybridized carbons (Fsp3) is 0.250. The van der Waals surface area contributed by atoms with E-state index in [9.17, 15) is 23.1 Å². The van der Waals surface area contributed by atoms with Gasteiger partial charge in [0.2, 0.25) is 15.9 Å². The number of hydrogen-bond donors (Lipinski definition) is 3. The van der Waals surface area contributed by atoms with Crippen LogP contribution in [0.1, 0.15) is 24.1 Å². The fourth-order valence-electron chi connectivity index (χ4n) is 3.29. The van der Waals surface area contributed by atoms with Crippen molar-refractivity contribution in [1.29, 1.82) is 0 Å². The zero-order valence-electron chi connectivity index (χ0n) is 18.2. The van der Waals surface area contributed by atoms with Gasteiger partial charge in [-0.25, -0.2) is 8.42 Å². The molecule has 0 fully saturated rings. The maximum atomic E-state index is 12.7. The summed E-state index contributed by atoms with van der Waals surface area (Å²) in [5.41, 5.74) is 1.79. The summed E-state index contributed by atoms with van der Waals surface area (Å²) < 4.78 is 28.7. The Bertz CT molecular complexity index is 1200. The number of hydrogen-bond acceptors (Lipinski definition) is 5. The SMILES string of the molecule is O=C(Cc1cccs1)NCCCCC(NS(=O)(=O)c1ccc(-c2ccc(Br)cc2)cc1)C(=O)O. The summed E-state index contributed by atoms with van der Waals surface area (Å²) in [6, 6.07) is 16.4. The number of carboxylic acid groups (broad SMARTS) is 1. The van der Waals surface area contributed by atoms with E-state index in [1.54, 1.807) is 12.1 Å². The van der Waals surface area contributed by atoms with Gasteiger partial charge in [-0.15, -0.1) is 11.3 Å². The Morgan fingerprint density at radius 3 is 2.21 bits per heavy atom. The van der Waals surface area contributed by atoms with Crippen LogP contribution in [0.15, 0.2) is 75.4 Å². The summed E-state index contributed by atoms with van der Waals surface area (Å²) in [6.07, 6.45) is 1.42. The monoisotopic (exact) mass is 564 g/mol. The lowest BCUT2D eigenvalue weighted by atomic mass is 10.1. The van der Waals surface area contributed by atoms with Gasteiger partial charge in [0.15, 0.2) is 0 Å². The highest BCUT2D eigenvalue weighted by Gasteiger charge is 2.25. The molecule has 1 unspecified atom stereocenters. The van der Waals surface area contributed by atoms with Crippen LogP contribution in [0, 0.1) is 0 Å². The highest BCUT2D eigenvalue weighted by atomic mass is 79.9. The summed E-state index contributed by atoms with van der Waals surface area (Å²) in [7, 11) is -4.00. The number of amides is 1. The third kappa shape index (κ3) is 7.76. The van der Waals surface area contributed by atoms with Crippen molar-refractivity contribution in [2.45, 2.75) is 36.6 Å². The van der Waals surface area contributed by atoms with E-state index in [1.807, 2.05) is 41.8 Å². The molecule has 0 saturated heterocycles. The molecule has 180 valence electrons. The Morgan fingerprint density at radius 2 is 1.62 bits per heavy atom. The van der Waals surface area contributed by atoms with Crippen LogP contribution in [-0.4, -0.2) is 38.0 Å². The number of aliphatic carboxylic acids is 1. The highest BCUT2D eigenvalue weighted by Crippen LogP contribution is 2.23. The van der Waals surface area contributed by atoms with Gasteiger partial charge < -0.3 is 10.4 Å². The molecule has 3 N–H and O–H groups in total. The third-order valence-corrected chi connectivity index (χ3v) is 7.99. The Hall–Kier alpha value is -2.53. The van der Waals surface area contributed by atoms with E-state index in [4.69, 9.17) is 0 Å². The van der Waals surface area contributed by atoms with Crippen LogP contribution in [-0.2, 0) is 26.0 Å². The van der Waals surface area contributed by atoms with Gasteiger partial charge in [-0.2, -0.15) is 4.72 Å². The fourth-order valence-corrected chi connectivity index (χ4v) is 5.48. The first-order chi connectivity index (χ1) is 16.2. The molecule has 0 spiro atoms. The van der Waals surface area contributed by atoms with Crippen molar-refractivity contribution < 1.29 is 23.1 Å². The minimum absolute atomic E-state index is 0.000419. The van der Waals surface area contributed by atoms with Gasteiger partial charge >= 0.3 is 5.97 Å². The third-order valence-electron chi connectivity index (χ3n) is 5.09. The summed E-state index contributed by atoms with van der Waals surface area (Å²) in [5.74, 6) is -1.33. The molecule has 1 aromatic heterocycles. The zero-order chi connectivity index (χ0) is 24.6. The Labute approximate surface area is 211 Å². The number of carbonyl (C=O) groups excluding carboxylic acids is 1. The van der Waals surface area contributed by atoms with Crippen molar-refractivity contribution in [2.75, 3.05) is 6.54 Å². The van der Waals surface area contributed by atoms with Crippen molar-refractivity contribution in [3.63, 3.8) is 0 Å². The predicted molar refractivity (Wildman–Crippen MR) is 136 cm³/mol. The van der Waals surface area contributed by atoms with Crippen molar-refractivity contribution >= 4 is 49.2 Å². The lowest BCUT2D eigenvalue weighted by Crippen LogP contribution is -2.40. The molecule has 0 aliphatic carbocycles. The minimum atomic E-state index is -4.00. The first-order valence-electron chi connectivity index (χ1n) is 10.6. The molecule has 0 saturated carbocycles. The second kappa shape index (κ2) is 12.3. The highest BCUT2D eigenvalue weighted by molar-refractivity contribution is 9.10. The van der Waals surface area contributed by atoms with Gasteiger partial charge in [-0.1, -0.05) is 46.3 Å². The lowest BCUT2D eigenvalue weighted by Gasteiger charge is -2.15. The number of benzene rings is 2. The van der Waals surface area contributed by atoms with Crippen LogP contribution >= 0.6 is 27.3 Å². The molecule has 0 bridgehead atoms. The number of halogens is 1. The summed E-state index contributed by atoms with van der Waals surface area (Å²) >= 11 is 4.89. The maximum absolute atomic E-state index is 12.7. The standard InChI is InChI=1S/C24H25BrN2O5S2/c25-19-10-6-17(7-11-19)18-8-12-21(13-9-18)34(31,32)27-22(24(29)30)5-1-2-14-26-23(28)16-20-4-3-15-33-20/h3-4,6-13,15,22,27H,1-2,5,14,16H2,(H,26,28)(H,29,30). The lowest BCUT2D eigenvalue weighted by molar-refractivity contribution is -0.139. The van der Waals surface area contributed by atoms with E-state index in [2.05, 4.69) is 26.0 Å². The van der Waals surface area contributed by atoms with Crippen molar-refractivity contribution in [3.05, 3.63) is 75.4 Å². The first-order valence-corrected chi connectivity index (χ1v) is 13.8. The topological polar surface area (TPSA) is 113 Å². The molecular formula is C24H25BrN2O5S2. The van der Waals surface area contributed by atoms with E-state index < -0.39 is 22.0 Å². The van der Waals surface area contributed by atoms with Crippen molar-refractivity contribution in [1.82, 2.24) is 10.0 Å². The molecule has 3 aromatic rings. The Morgan fingerprint density at radius 1 is 0.971 bits per heavy atom. The molecule has 1 amide bonds. The van der Waals surface area contributed by atoms with Gasteiger partial charge in [0.25, 0.3) is 0 Å². The molecular weight excluding hydrogens is 540 g/mol. The number of rotatable bonds is 12. The van der Waals surface area contributed by atoms with E-state index in [-0.39, 0.29) is 17.2 Å². The van der Waals surface area contributed by atoms with Crippen LogP contribution in [0.2, 0.25) is 0 Å². The second-order valence-electron chi connectivity index (χ2n) is 7.65. The number of unbranched alkanes of at least 4 members (excludes halogenated alkanes) is 1. The number of nitrogens with one attached hydrogen (secondary N) is 2. The molecule has 3 rings (SSSR count). The Kier molecular flexibility index (Phi) is 9.40. The molecule has 1 heterocycles. The van der Waals surface area contributed by atoms with E-state index in [0.29, 0.717) is 25.8 Å². The summed E-state index contributed by atoms with van der Waals surface area (Å²) in [5, 5.41) is 14.2. The van der Waals surface area contributed by atoms with Crippen LogP contribution in [0.25, 0.3) is 11.1 Å². The maximum Gasteiger partial charge on any atom is 0.321 e. The molecule has 10 heteroatoms. The van der Waals surface area contributed by atoms with Gasteiger partial charge in [-0.05, 0) is 66.1 Å². The molecule has 0 aliphatic rings. The molecule has 0 radical (unpaired) electrons. The van der Waals surface area contributed by atoms with E-state index >= 15 is 0 Å². The van der Waals surface area contributed by atoms with E-state index in [1.165, 1.54) is 23.5 Å². The number of sulfonamides is 1. The van der Waals surface area contributed by atoms with Crippen LogP contribution in [0.3, 0.4) is 0 Å². The average Bonchev–Trinajstić information content (AvgIpc) is 3.31. The van der Waals surface area contributed by atoms with Gasteiger partial charge in [0.1, 0.15) is 6.04 Å². The normalized spacial score (nSPS) is 12.3. The zero-order valence-corrected chi connectivity index (χ0v) is 21.5. The first kappa shape index (κ1) is 26.1. The second-order valence-corrected chi connectivity index (χ2v) is 11.3. The summed E-state index contributed by atoms with van der Waals surface area (Å²) in [4.78, 5) is 24.5. The van der Waals surface area contributed by atoms with Gasteiger partial charge in [0, 0.05) is 15.9 Å². The Balaban J connectivity index is 1.50. The molecule has 1 atom stereocenters. The number of thiophene rings is 1. The van der Waals surface area contributed by atoms with Crippen molar-refractivity contribution in [3.8, 4) is 11.1 Å². The largest absolute Gasteiger partial charge is 0.480 e. The molecule has 34 heavy (non-hydrogen) atoms. The van der Waals surface area contributed by atoms with Gasteiger partial charge in [0.05, 0.1) is 11.3 Å². The number of carboxylic acids is 1. The van der Waals surface area contributed by atoms with Crippen LogP contribution in [0.5, 0.6) is 0 Å². The van der Waals surface area contributed by atoms with E-state index in [0.717, 1.165) is 20.5 Å². The van der Waals surface area contributed by atoms with Crippen molar-refractivity contribution in [2.24, 2.45) is 0 Å². The molecule has 0 aliphatic heterocycles. The molecule has 2 aromatic carbocycles. The summed E-state index contributed by atoms with van der Waals surface area (Å²) in [6.45, 7) is 0.404. The predicted octanol–water partition coefficient (Wildman–Crippen LogP) is 4.44.